The van der Waals surface area contributed by atoms with E-state index in [1.54, 1.807) is 12.1 Å². The highest BCUT2D eigenvalue weighted by molar-refractivity contribution is 6.32. The van der Waals surface area contributed by atoms with Gasteiger partial charge in [0.2, 0.25) is 0 Å². The maximum atomic E-state index is 11.1. The highest BCUT2D eigenvalue weighted by Gasteiger charge is 2.32. The van der Waals surface area contributed by atoms with Crippen molar-refractivity contribution >= 4 is 23.1 Å². The fourth-order valence-electron chi connectivity index (χ4n) is 4.93. The molecule has 0 spiro atoms. The van der Waals surface area contributed by atoms with Crippen LogP contribution in [0, 0.1) is 6.92 Å². The van der Waals surface area contributed by atoms with Crippen molar-refractivity contribution in [3.63, 3.8) is 0 Å². The van der Waals surface area contributed by atoms with Gasteiger partial charge >= 0.3 is 0 Å². The Kier molecular flexibility index (Phi) is 5.71. The zero-order valence-electron chi connectivity index (χ0n) is 18.2. The number of halogens is 1. The number of aromatic nitrogens is 3. The summed E-state index contributed by atoms with van der Waals surface area (Å²) in [6.45, 7) is 4.54. The van der Waals surface area contributed by atoms with Crippen LogP contribution in [0.5, 0.6) is 5.75 Å². The highest BCUT2D eigenvalue weighted by Crippen LogP contribution is 2.38. The van der Waals surface area contributed by atoms with Gasteiger partial charge in [-0.25, -0.2) is 9.50 Å². The number of aliphatic hydroxyl groups is 1. The number of hydrogen-bond donors (Lipinski definition) is 3. The number of fused-ring (bicyclic) bond motifs is 1. The molecular weight excluding hydrogens is 428 g/mol. The number of hydrogen-bond acceptors (Lipinski definition) is 7. The van der Waals surface area contributed by atoms with Gasteiger partial charge in [0.25, 0.3) is 0 Å². The summed E-state index contributed by atoms with van der Waals surface area (Å²) in [5, 5.41) is 26.2. The van der Waals surface area contributed by atoms with E-state index < -0.39 is 6.23 Å². The number of nitrogens with two attached hydrogens (primary N) is 1. The second kappa shape index (κ2) is 8.51. The summed E-state index contributed by atoms with van der Waals surface area (Å²) in [5.41, 5.74) is 9.47. The fourth-order valence-corrected chi connectivity index (χ4v) is 5.05. The first-order chi connectivity index (χ1) is 15.4. The Morgan fingerprint density at radius 1 is 1.19 bits per heavy atom. The van der Waals surface area contributed by atoms with Crippen LogP contribution in [-0.4, -0.2) is 55.4 Å². The van der Waals surface area contributed by atoms with E-state index in [2.05, 4.69) is 11.8 Å². The van der Waals surface area contributed by atoms with Crippen molar-refractivity contribution in [2.45, 2.75) is 50.9 Å². The molecule has 5 rings (SSSR count). The average molecular weight is 457 g/mol. The van der Waals surface area contributed by atoms with E-state index >= 15 is 0 Å². The number of aliphatic hydroxyl groups excluding tert-OH is 1. The van der Waals surface area contributed by atoms with Gasteiger partial charge in [-0.3, -0.25) is 4.90 Å². The molecule has 3 aromatic rings. The quantitative estimate of drug-likeness (QED) is 0.554. The maximum absolute atomic E-state index is 11.1. The van der Waals surface area contributed by atoms with Gasteiger partial charge in [0.15, 0.2) is 5.65 Å². The molecule has 2 aromatic heterocycles. The molecule has 9 heteroatoms. The van der Waals surface area contributed by atoms with Crippen molar-refractivity contribution in [2.75, 3.05) is 24.5 Å². The summed E-state index contributed by atoms with van der Waals surface area (Å²) >= 11 is 5.95. The summed E-state index contributed by atoms with van der Waals surface area (Å²) in [6, 6.07) is 7.06. The molecule has 3 atom stereocenters. The smallest absolute Gasteiger partial charge is 0.157 e. The van der Waals surface area contributed by atoms with E-state index in [1.807, 2.05) is 21.7 Å². The van der Waals surface area contributed by atoms with Crippen molar-refractivity contribution in [1.29, 1.82) is 0 Å². The lowest BCUT2D eigenvalue weighted by atomic mass is 9.97. The molecule has 2 saturated heterocycles. The minimum absolute atomic E-state index is 0.0293. The molecule has 4 N–H and O–H groups in total. The normalized spacial score (nSPS) is 23.2. The number of phenolic OH excluding ortho intramolecular Hbond substituents is 1. The van der Waals surface area contributed by atoms with E-state index in [9.17, 15) is 10.2 Å². The van der Waals surface area contributed by atoms with Crippen molar-refractivity contribution in [1.82, 2.24) is 19.5 Å². The van der Waals surface area contributed by atoms with Gasteiger partial charge in [-0.05, 0) is 43.9 Å². The molecule has 0 saturated carbocycles. The second-order valence-corrected chi connectivity index (χ2v) is 9.36. The molecule has 0 amide bonds. The molecular formula is C23H29ClN6O2. The van der Waals surface area contributed by atoms with E-state index in [0.29, 0.717) is 5.56 Å². The van der Waals surface area contributed by atoms with Crippen LogP contribution >= 0.6 is 11.6 Å². The van der Waals surface area contributed by atoms with Crippen molar-refractivity contribution < 1.29 is 10.2 Å². The number of rotatable bonds is 4. The van der Waals surface area contributed by atoms with Crippen molar-refractivity contribution in [3.8, 4) is 5.75 Å². The minimum atomic E-state index is -0.857. The SMILES string of the molecule is Cc1cn2nc(C3CCCCN3C(O)c3ccc(Cl)c(O)c3)cc2nc1N1CCC(N)C1. The molecule has 32 heavy (non-hydrogen) atoms. The molecule has 0 bridgehead atoms. The first kappa shape index (κ1) is 21.5. The Labute approximate surface area is 192 Å². The van der Waals surface area contributed by atoms with E-state index in [1.165, 1.54) is 6.07 Å². The number of phenols is 1. The van der Waals surface area contributed by atoms with Crippen LogP contribution in [0.4, 0.5) is 5.82 Å². The number of benzene rings is 1. The molecule has 0 radical (unpaired) electrons. The first-order valence-corrected chi connectivity index (χ1v) is 11.6. The highest BCUT2D eigenvalue weighted by atomic mass is 35.5. The van der Waals surface area contributed by atoms with Gasteiger partial charge in [-0.15, -0.1) is 0 Å². The fraction of sp³-hybridized carbons (Fsp3) is 0.478. The second-order valence-electron chi connectivity index (χ2n) is 8.95. The molecule has 3 unspecified atom stereocenters. The van der Waals surface area contributed by atoms with E-state index in [-0.39, 0.29) is 22.9 Å². The summed E-state index contributed by atoms with van der Waals surface area (Å²) < 4.78 is 1.83. The Morgan fingerprint density at radius 3 is 2.78 bits per heavy atom. The Balaban J connectivity index is 1.46. The summed E-state index contributed by atoms with van der Waals surface area (Å²) in [7, 11) is 0. The third-order valence-electron chi connectivity index (χ3n) is 6.62. The predicted molar refractivity (Wildman–Crippen MR) is 124 cm³/mol. The van der Waals surface area contributed by atoms with Gasteiger partial charge < -0.3 is 20.8 Å². The zero-order chi connectivity index (χ0) is 22.4. The number of aryl methyl sites for hydroxylation is 1. The lowest BCUT2D eigenvalue weighted by Crippen LogP contribution is -2.36. The number of aromatic hydroxyl groups is 1. The zero-order valence-corrected chi connectivity index (χ0v) is 18.9. The lowest BCUT2D eigenvalue weighted by Gasteiger charge is -2.38. The number of anilines is 1. The van der Waals surface area contributed by atoms with Crippen LogP contribution in [0.25, 0.3) is 5.65 Å². The first-order valence-electron chi connectivity index (χ1n) is 11.2. The standard InChI is InChI=1S/C23H29ClN6O2/c1-14-12-30-21(26-22(14)28-9-7-16(25)13-28)11-18(27-30)19-4-2-3-8-29(19)23(32)15-5-6-17(24)20(31)10-15/h5-6,10-12,16,19,23,31-32H,2-4,7-9,13,25H2,1H3. The minimum Gasteiger partial charge on any atom is -0.506 e. The molecule has 4 heterocycles. The van der Waals surface area contributed by atoms with Gasteiger partial charge in [0.1, 0.15) is 17.8 Å². The van der Waals surface area contributed by atoms with Gasteiger partial charge in [0.05, 0.1) is 16.8 Å². The van der Waals surface area contributed by atoms with Crippen LogP contribution in [0.15, 0.2) is 30.5 Å². The summed E-state index contributed by atoms with van der Waals surface area (Å²) in [6.07, 6.45) is 5.10. The molecule has 2 aliphatic heterocycles. The third kappa shape index (κ3) is 3.92. The molecule has 1 aromatic carbocycles. The summed E-state index contributed by atoms with van der Waals surface area (Å²) in [4.78, 5) is 9.19. The Morgan fingerprint density at radius 2 is 2.03 bits per heavy atom. The number of likely N-dealkylation sites (tertiary alicyclic amines) is 1. The van der Waals surface area contributed by atoms with Gasteiger partial charge in [-0.1, -0.05) is 24.1 Å². The van der Waals surface area contributed by atoms with Crippen LogP contribution in [0.1, 0.15) is 54.8 Å². The molecule has 0 aliphatic carbocycles. The van der Waals surface area contributed by atoms with Crippen LogP contribution in [-0.2, 0) is 0 Å². The van der Waals surface area contributed by atoms with Crippen molar-refractivity contribution in [2.24, 2.45) is 5.73 Å². The third-order valence-corrected chi connectivity index (χ3v) is 6.94. The summed E-state index contributed by atoms with van der Waals surface area (Å²) in [5.74, 6) is 0.937. The maximum Gasteiger partial charge on any atom is 0.157 e. The van der Waals surface area contributed by atoms with Crippen LogP contribution in [0.3, 0.4) is 0 Å². The van der Waals surface area contributed by atoms with E-state index in [4.69, 9.17) is 27.4 Å². The van der Waals surface area contributed by atoms with Gasteiger partial charge in [-0.2, -0.15) is 5.10 Å². The largest absolute Gasteiger partial charge is 0.506 e. The Bertz CT molecular complexity index is 1140. The number of nitrogens with zero attached hydrogens (tertiary/aromatic N) is 5. The number of piperidine rings is 1. The Hall–Kier alpha value is -2.39. The average Bonchev–Trinajstić information content (AvgIpc) is 3.40. The van der Waals surface area contributed by atoms with Crippen molar-refractivity contribution in [3.05, 3.63) is 52.3 Å². The predicted octanol–water partition coefficient (Wildman–Crippen LogP) is 3.15. The van der Waals surface area contributed by atoms with Crippen LogP contribution < -0.4 is 10.6 Å². The van der Waals surface area contributed by atoms with Gasteiger partial charge in [0, 0.05) is 43.5 Å². The topological polar surface area (TPSA) is 103 Å². The van der Waals surface area contributed by atoms with Crippen LogP contribution in [0.2, 0.25) is 5.02 Å². The lowest BCUT2D eigenvalue weighted by molar-refractivity contribution is -0.0457. The molecule has 2 fully saturated rings. The molecule has 8 nitrogen and oxygen atoms in total. The van der Waals surface area contributed by atoms with E-state index in [0.717, 1.165) is 68.0 Å². The molecule has 2 aliphatic rings. The molecule has 170 valence electrons. The monoisotopic (exact) mass is 456 g/mol.